The standard InChI is InChI=1S/C15H24O2/c1-12(15(17)9-5-2-6-10-15)11-13-7-3-4-8-14(13)16/h14,16-17H,2-10H2,1H3/t11?,14-/m1/s1. The van der Waals surface area contributed by atoms with Crippen molar-refractivity contribution in [3.8, 4) is 0 Å². The molecule has 17 heavy (non-hydrogen) atoms. The van der Waals surface area contributed by atoms with E-state index in [1.165, 1.54) is 6.42 Å². The summed E-state index contributed by atoms with van der Waals surface area (Å²) in [5.74, 6) is 0. The Morgan fingerprint density at radius 1 is 1.18 bits per heavy atom. The third kappa shape index (κ3) is 3.01. The van der Waals surface area contributed by atoms with E-state index in [-0.39, 0.29) is 6.10 Å². The molecule has 2 heteroatoms. The van der Waals surface area contributed by atoms with Gasteiger partial charge in [-0.3, -0.25) is 0 Å². The van der Waals surface area contributed by atoms with Gasteiger partial charge < -0.3 is 10.2 Å². The normalized spacial score (nSPS) is 28.6. The van der Waals surface area contributed by atoms with Crippen LogP contribution in [0, 0.1) is 0 Å². The van der Waals surface area contributed by atoms with Gasteiger partial charge in [-0.15, -0.1) is 5.73 Å². The van der Waals surface area contributed by atoms with E-state index < -0.39 is 5.60 Å². The number of hydrogen-bond donors (Lipinski definition) is 2. The summed E-state index contributed by atoms with van der Waals surface area (Å²) in [7, 11) is 0. The van der Waals surface area contributed by atoms with Crippen molar-refractivity contribution in [2.24, 2.45) is 0 Å². The molecule has 0 aromatic rings. The minimum Gasteiger partial charge on any atom is -0.388 e. The summed E-state index contributed by atoms with van der Waals surface area (Å²) in [6.45, 7) is 1.97. The molecule has 0 spiro atoms. The van der Waals surface area contributed by atoms with Crippen LogP contribution < -0.4 is 0 Å². The number of aliphatic hydroxyl groups excluding tert-OH is 1. The third-order valence-corrected chi connectivity index (χ3v) is 4.30. The number of hydrogen-bond acceptors (Lipinski definition) is 2. The summed E-state index contributed by atoms with van der Waals surface area (Å²) in [5.41, 5.74) is 4.61. The summed E-state index contributed by atoms with van der Waals surface area (Å²) in [4.78, 5) is 0. The maximum Gasteiger partial charge on any atom is 0.0927 e. The highest BCUT2D eigenvalue weighted by atomic mass is 16.3. The maximum absolute atomic E-state index is 10.6. The second-order valence-corrected chi connectivity index (χ2v) is 5.63. The van der Waals surface area contributed by atoms with Crippen LogP contribution in [0.5, 0.6) is 0 Å². The Hall–Kier alpha value is -0.560. The average Bonchev–Trinajstić information content (AvgIpc) is 2.33. The van der Waals surface area contributed by atoms with E-state index in [9.17, 15) is 10.2 Å². The van der Waals surface area contributed by atoms with E-state index in [0.29, 0.717) is 0 Å². The first-order valence-electron chi connectivity index (χ1n) is 6.99. The minimum atomic E-state index is -0.650. The molecule has 0 radical (unpaired) electrons. The Bertz CT molecular complexity index is 331. The highest BCUT2D eigenvalue weighted by Crippen LogP contribution is 2.34. The Morgan fingerprint density at radius 2 is 1.88 bits per heavy atom. The molecule has 1 atom stereocenters. The molecule has 2 N–H and O–H groups in total. The molecular formula is C15H24O2. The quantitative estimate of drug-likeness (QED) is 0.687. The summed E-state index contributed by atoms with van der Waals surface area (Å²) in [6, 6.07) is 0. The van der Waals surface area contributed by atoms with Crippen LogP contribution >= 0.6 is 0 Å². The Morgan fingerprint density at radius 3 is 2.53 bits per heavy atom. The molecule has 0 aromatic heterocycles. The monoisotopic (exact) mass is 236 g/mol. The molecule has 2 aliphatic carbocycles. The minimum absolute atomic E-state index is 0.328. The van der Waals surface area contributed by atoms with Crippen LogP contribution in [-0.2, 0) is 0 Å². The van der Waals surface area contributed by atoms with Crippen LogP contribution in [0.1, 0.15) is 64.7 Å². The van der Waals surface area contributed by atoms with E-state index in [0.717, 1.165) is 62.5 Å². The molecule has 0 heterocycles. The zero-order valence-corrected chi connectivity index (χ0v) is 10.8. The zero-order valence-electron chi connectivity index (χ0n) is 10.8. The molecule has 0 saturated heterocycles. The largest absolute Gasteiger partial charge is 0.388 e. The van der Waals surface area contributed by atoms with Gasteiger partial charge in [0.05, 0.1) is 11.7 Å². The lowest BCUT2D eigenvalue weighted by Crippen LogP contribution is -2.32. The van der Waals surface area contributed by atoms with Crippen LogP contribution in [0.3, 0.4) is 0 Å². The van der Waals surface area contributed by atoms with Crippen molar-refractivity contribution < 1.29 is 10.2 Å². The highest BCUT2D eigenvalue weighted by Gasteiger charge is 2.31. The van der Waals surface area contributed by atoms with Gasteiger partial charge in [-0.2, -0.15) is 0 Å². The van der Waals surface area contributed by atoms with Crippen molar-refractivity contribution in [3.05, 3.63) is 16.9 Å². The lowest BCUT2D eigenvalue weighted by atomic mass is 9.79. The Kier molecular flexibility index (Phi) is 4.09. The van der Waals surface area contributed by atoms with Crippen LogP contribution in [0.2, 0.25) is 0 Å². The fourth-order valence-electron chi connectivity index (χ4n) is 3.01. The van der Waals surface area contributed by atoms with Gasteiger partial charge >= 0.3 is 0 Å². The van der Waals surface area contributed by atoms with Crippen molar-refractivity contribution in [3.63, 3.8) is 0 Å². The van der Waals surface area contributed by atoms with Crippen molar-refractivity contribution in [2.75, 3.05) is 0 Å². The molecular weight excluding hydrogens is 212 g/mol. The van der Waals surface area contributed by atoms with Gasteiger partial charge in [0.15, 0.2) is 0 Å². The second-order valence-electron chi connectivity index (χ2n) is 5.63. The van der Waals surface area contributed by atoms with Gasteiger partial charge in [-0.25, -0.2) is 0 Å². The predicted molar refractivity (Wildman–Crippen MR) is 68.7 cm³/mol. The summed E-state index contributed by atoms with van der Waals surface area (Å²) in [6.07, 6.45) is 8.87. The van der Waals surface area contributed by atoms with E-state index in [1.54, 1.807) is 0 Å². The first-order valence-corrected chi connectivity index (χ1v) is 6.99. The second kappa shape index (κ2) is 5.39. The molecule has 2 saturated carbocycles. The summed E-state index contributed by atoms with van der Waals surface area (Å²) < 4.78 is 0. The van der Waals surface area contributed by atoms with E-state index in [1.807, 2.05) is 6.92 Å². The third-order valence-electron chi connectivity index (χ3n) is 4.30. The van der Waals surface area contributed by atoms with Crippen LogP contribution in [-0.4, -0.2) is 21.9 Å². The fourth-order valence-corrected chi connectivity index (χ4v) is 3.01. The molecule has 2 aliphatic rings. The zero-order chi connectivity index (χ0) is 12.3. The van der Waals surface area contributed by atoms with E-state index >= 15 is 0 Å². The van der Waals surface area contributed by atoms with Crippen LogP contribution in [0.15, 0.2) is 16.9 Å². The van der Waals surface area contributed by atoms with Crippen LogP contribution in [0.25, 0.3) is 0 Å². The number of rotatable bonds is 1. The molecule has 0 bridgehead atoms. The molecule has 0 amide bonds. The lowest BCUT2D eigenvalue weighted by molar-refractivity contribution is 0.0397. The molecule has 2 rings (SSSR count). The van der Waals surface area contributed by atoms with Gasteiger partial charge in [0.2, 0.25) is 0 Å². The van der Waals surface area contributed by atoms with Gasteiger partial charge in [0.1, 0.15) is 0 Å². The molecule has 96 valence electrons. The first kappa shape index (κ1) is 12.9. The molecule has 0 aromatic carbocycles. The molecule has 0 unspecified atom stereocenters. The fraction of sp³-hybridized carbons (Fsp3) is 0.800. The highest BCUT2D eigenvalue weighted by molar-refractivity contribution is 5.20. The lowest BCUT2D eigenvalue weighted by Gasteiger charge is -2.32. The Balaban J connectivity index is 2.21. The van der Waals surface area contributed by atoms with Gasteiger partial charge in [0.25, 0.3) is 0 Å². The van der Waals surface area contributed by atoms with Crippen molar-refractivity contribution in [1.82, 2.24) is 0 Å². The summed E-state index contributed by atoms with van der Waals surface area (Å²) in [5, 5.41) is 20.5. The SMILES string of the molecule is CC(=C=C1CCCC[C@H]1O)C1(O)CCCCC1. The smallest absolute Gasteiger partial charge is 0.0927 e. The first-order chi connectivity index (χ1) is 8.12. The molecule has 2 nitrogen and oxygen atoms in total. The van der Waals surface area contributed by atoms with E-state index in [4.69, 9.17) is 0 Å². The van der Waals surface area contributed by atoms with Crippen LogP contribution in [0.4, 0.5) is 0 Å². The van der Waals surface area contributed by atoms with Crippen molar-refractivity contribution >= 4 is 0 Å². The molecule has 2 fully saturated rings. The number of aliphatic hydroxyl groups is 2. The van der Waals surface area contributed by atoms with Gasteiger partial charge in [0, 0.05) is 11.1 Å². The molecule has 0 aliphatic heterocycles. The van der Waals surface area contributed by atoms with E-state index in [2.05, 4.69) is 5.73 Å². The van der Waals surface area contributed by atoms with Crippen molar-refractivity contribution in [2.45, 2.75) is 76.4 Å². The summed E-state index contributed by atoms with van der Waals surface area (Å²) >= 11 is 0. The van der Waals surface area contributed by atoms with Gasteiger partial charge in [-0.05, 0) is 39.0 Å². The predicted octanol–water partition coefficient (Wildman–Crippen LogP) is 3.09. The average molecular weight is 236 g/mol. The maximum atomic E-state index is 10.6. The topological polar surface area (TPSA) is 40.5 Å². The van der Waals surface area contributed by atoms with Gasteiger partial charge in [-0.1, -0.05) is 25.7 Å². The Labute approximate surface area is 104 Å². The van der Waals surface area contributed by atoms with Crippen molar-refractivity contribution in [1.29, 1.82) is 0 Å².